The van der Waals surface area contributed by atoms with Crippen molar-refractivity contribution in [1.29, 1.82) is 0 Å². The molecule has 0 radical (unpaired) electrons. The molecule has 1 aromatic carbocycles. The Hall–Kier alpha value is -2.91. The second-order valence-corrected chi connectivity index (χ2v) is 8.65. The summed E-state index contributed by atoms with van der Waals surface area (Å²) in [6.07, 6.45) is 1.80. The van der Waals surface area contributed by atoms with E-state index in [2.05, 4.69) is 20.2 Å². The van der Waals surface area contributed by atoms with E-state index in [9.17, 15) is 9.59 Å². The molecule has 2 aromatic heterocycles. The highest BCUT2D eigenvalue weighted by atomic mass is 32.2. The molecule has 0 aliphatic carbocycles. The van der Waals surface area contributed by atoms with Crippen LogP contribution in [0.4, 0.5) is 11.5 Å². The number of esters is 1. The van der Waals surface area contributed by atoms with E-state index in [1.807, 2.05) is 23.9 Å². The molecule has 7 nitrogen and oxygen atoms in total. The number of ether oxygens (including phenoxy) is 1. The van der Waals surface area contributed by atoms with E-state index in [0.717, 1.165) is 41.0 Å². The van der Waals surface area contributed by atoms with Crippen LogP contribution in [0.1, 0.15) is 20.8 Å². The average molecular weight is 441 g/mol. The predicted molar refractivity (Wildman–Crippen MR) is 121 cm³/mol. The van der Waals surface area contributed by atoms with Crippen molar-refractivity contribution in [1.82, 2.24) is 9.97 Å². The lowest BCUT2D eigenvalue weighted by Gasteiger charge is -2.27. The van der Waals surface area contributed by atoms with Gasteiger partial charge in [-0.2, -0.15) is 11.8 Å². The second-order valence-electron chi connectivity index (χ2n) is 6.57. The van der Waals surface area contributed by atoms with Gasteiger partial charge in [-0.05, 0) is 30.3 Å². The summed E-state index contributed by atoms with van der Waals surface area (Å²) in [4.78, 5) is 35.5. The number of anilines is 2. The van der Waals surface area contributed by atoms with Crippen LogP contribution in [0.5, 0.6) is 0 Å². The van der Waals surface area contributed by atoms with Crippen molar-refractivity contribution in [3.05, 3.63) is 59.2 Å². The quantitative estimate of drug-likeness (QED) is 0.604. The number of carbonyl (C=O) groups excluding carboxylic acids is 2. The molecule has 0 atom stereocenters. The zero-order valence-electron chi connectivity index (χ0n) is 16.3. The standard InChI is InChI=1S/C21H20N4O3S2/c1-28-21(27)14-3-2-4-16(11-14)23-19(26)17-13-30-20(24-17)15-5-6-18(22-12-15)25-7-9-29-10-8-25/h2-6,11-13H,7-10H2,1H3,(H,23,26). The number of nitrogens with zero attached hydrogens (tertiary/aromatic N) is 3. The Kier molecular flexibility index (Phi) is 6.29. The fourth-order valence-electron chi connectivity index (χ4n) is 3.04. The minimum absolute atomic E-state index is 0.315. The van der Waals surface area contributed by atoms with Crippen LogP contribution in [-0.2, 0) is 4.74 Å². The lowest BCUT2D eigenvalue weighted by atomic mass is 10.2. The van der Waals surface area contributed by atoms with E-state index in [0.29, 0.717) is 16.9 Å². The highest BCUT2D eigenvalue weighted by Gasteiger charge is 2.15. The van der Waals surface area contributed by atoms with E-state index < -0.39 is 5.97 Å². The predicted octanol–water partition coefficient (Wildman–Crippen LogP) is 3.80. The number of carbonyl (C=O) groups is 2. The van der Waals surface area contributed by atoms with E-state index in [4.69, 9.17) is 4.74 Å². The van der Waals surface area contributed by atoms with Gasteiger partial charge in [0, 0.05) is 47.4 Å². The second kappa shape index (κ2) is 9.27. The molecule has 1 amide bonds. The molecule has 30 heavy (non-hydrogen) atoms. The molecule has 0 bridgehead atoms. The molecule has 0 saturated carbocycles. The number of benzene rings is 1. The molecule has 3 aromatic rings. The van der Waals surface area contributed by atoms with Crippen molar-refractivity contribution in [3.63, 3.8) is 0 Å². The van der Waals surface area contributed by atoms with Gasteiger partial charge in [0.25, 0.3) is 5.91 Å². The van der Waals surface area contributed by atoms with Crippen molar-refractivity contribution < 1.29 is 14.3 Å². The highest BCUT2D eigenvalue weighted by molar-refractivity contribution is 7.99. The third-order valence-corrected chi connectivity index (χ3v) is 6.44. The van der Waals surface area contributed by atoms with Gasteiger partial charge in [-0.15, -0.1) is 11.3 Å². The Morgan fingerprint density at radius 2 is 2.00 bits per heavy atom. The number of hydrogen-bond acceptors (Lipinski definition) is 8. The summed E-state index contributed by atoms with van der Waals surface area (Å²) >= 11 is 3.36. The largest absolute Gasteiger partial charge is 0.465 e. The van der Waals surface area contributed by atoms with E-state index >= 15 is 0 Å². The number of aromatic nitrogens is 2. The zero-order chi connectivity index (χ0) is 20.9. The van der Waals surface area contributed by atoms with Crippen LogP contribution in [0.25, 0.3) is 10.6 Å². The molecule has 1 aliphatic rings. The maximum Gasteiger partial charge on any atom is 0.337 e. The molecule has 1 fully saturated rings. The molecular weight excluding hydrogens is 420 g/mol. The van der Waals surface area contributed by atoms with Crippen LogP contribution >= 0.6 is 23.1 Å². The first-order valence-electron chi connectivity index (χ1n) is 9.38. The first kappa shape index (κ1) is 20.4. The fourth-order valence-corrected chi connectivity index (χ4v) is 4.73. The summed E-state index contributed by atoms with van der Waals surface area (Å²) in [6.45, 7) is 2.02. The summed E-state index contributed by atoms with van der Waals surface area (Å²) in [5.41, 5.74) is 2.06. The van der Waals surface area contributed by atoms with Crippen LogP contribution in [-0.4, -0.2) is 53.5 Å². The number of amides is 1. The van der Waals surface area contributed by atoms with E-state index in [1.54, 1.807) is 35.8 Å². The van der Waals surface area contributed by atoms with Gasteiger partial charge in [0.1, 0.15) is 16.5 Å². The van der Waals surface area contributed by atoms with Crippen LogP contribution in [0, 0.1) is 0 Å². The maximum absolute atomic E-state index is 12.6. The first-order chi connectivity index (χ1) is 14.6. The number of nitrogens with one attached hydrogen (secondary N) is 1. The van der Waals surface area contributed by atoms with E-state index in [-0.39, 0.29) is 5.91 Å². The van der Waals surface area contributed by atoms with Gasteiger partial charge in [0.2, 0.25) is 0 Å². The first-order valence-corrected chi connectivity index (χ1v) is 11.4. The van der Waals surface area contributed by atoms with Crippen molar-refractivity contribution in [2.75, 3.05) is 41.9 Å². The Balaban J connectivity index is 1.44. The monoisotopic (exact) mass is 440 g/mol. The van der Waals surface area contributed by atoms with Gasteiger partial charge >= 0.3 is 5.97 Å². The zero-order valence-corrected chi connectivity index (χ0v) is 18.0. The summed E-state index contributed by atoms with van der Waals surface area (Å²) in [7, 11) is 1.32. The Morgan fingerprint density at radius 3 is 2.73 bits per heavy atom. The summed E-state index contributed by atoms with van der Waals surface area (Å²) < 4.78 is 4.71. The molecule has 0 unspecified atom stereocenters. The molecule has 0 spiro atoms. The van der Waals surface area contributed by atoms with Crippen LogP contribution < -0.4 is 10.2 Å². The van der Waals surface area contributed by atoms with Crippen molar-refractivity contribution in [3.8, 4) is 10.6 Å². The van der Waals surface area contributed by atoms with Crippen LogP contribution in [0.2, 0.25) is 0 Å². The molecular formula is C21H20N4O3S2. The molecule has 154 valence electrons. The molecule has 4 rings (SSSR count). The van der Waals surface area contributed by atoms with Gasteiger partial charge < -0.3 is 15.0 Å². The van der Waals surface area contributed by atoms with Crippen LogP contribution in [0.15, 0.2) is 48.0 Å². The van der Waals surface area contributed by atoms with Gasteiger partial charge in [0.15, 0.2) is 0 Å². The lowest BCUT2D eigenvalue weighted by Crippen LogP contribution is -2.32. The highest BCUT2D eigenvalue weighted by Crippen LogP contribution is 2.26. The molecule has 3 heterocycles. The van der Waals surface area contributed by atoms with Gasteiger partial charge in [-0.1, -0.05) is 6.07 Å². The van der Waals surface area contributed by atoms with Crippen molar-refractivity contribution in [2.45, 2.75) is 0 Å². The fraction of sp³-hybridized carbons (Fsp3) is 0.238. The summed E-state index contributed by atoms with van der Waals surface area (Å²) in [5.74, 6) is 2.42. The maximum atomic E-state index is 12.6. The third kappa shape index (κ3) is 4.63. The number of thiazole rings is 1. The van der Waals surface area contributed by atoms with Gasteiger partial charge in [-0.3, -0.25) is 4.79 Å². The number of hydrogen-bond donors (Lipinski definition) is 1. The van der Waals surface area contributed by atoms with Crippen molar-refractivity contribution >= 4 is 46.5 Å². The number of pyridine rings is 1. The van der Waals surface area contributed by atoms with Crippen LogP contribution in [0.3, 0.4) is 0 Å². The Labute approximate surface area is 182 Å². The van der Waals surface area contributed by atoms with E-state index in [1.165, 1.54) is 18.4 Å². The number of methoxy groups -OCH3 is 1. The number of thioether (sulfide) groups is 1. The Bertz CT molecular complexity index is 1050. The topological polar surface area (TPSA) is 84.4 Å². The Morgan fingerprint density at radius 1 is 1.17 bits per heavy atom. The smallest absolute Gasteiger partial charge is 0.337 e. The number of rotatable bonds is 5. The summed E-state index contributed by atoms with van der Waals surface area (Å²) in [6, 6.07) is 10.6. The molecule has 1 saturated heterocycles. The normalized spacial score (nSPS) is 13.7. The molecule has 9 heteroatoms. The molecule has 1 aliphatic heterocycles. The lowest BCUT2D eigenvalue weighted by molar-refractivity contribution is 0.0600. The summed E-state index contributed by atoms with van der Waals surface area (Å²) in [5, 5.41) is 5.21. The van der Waals surface area contributed by atoms with Gasteiger partial charge in [-0.25, -0.2) is 14.8 Å². The van der Waals surface area contributed by atoms with Gasteiger partial charge in [0.05, 0.1) is 12.7 Å². The molecule has 1 N–H and O–H groups in total. The average Bonchev–Trinajstić information content (AvgIpc) is 3.30. The minimum Gasteiger partial charge on any atom is -0.465 e. The third-order valence-electron chi connectivity index (χ3n) is 4.61. The SMILES string of the molecule is COC(=O)c1cccc(NC(=O)c2csc(-c3ccc(N4CCSCC4)nc3)n2)c1. The van der Waals surface area contributed by atoms with Crippen molar-refractivity contribution in [2.24, 2.45) is 0 Å². The minimum atomic E-state index is -0.457.